The summed E-state index contributed by atoms with van der Waals surface area (Å²) in [6, 6.07) is 8.91. The number of carbonyl (C=O) groups is 2. The first kappa shape index (κ1) is 27.2. The van der Waals surface area contributed by atoms with Crippen molar-refractivity contribution in [2.45, 2.75) is 13.1 Å². The number of hydrogen-bond donors (Lipinski definition) is 1. The Kier molecular flexibility index (Phi) is 7.29. The number of alkyl halides is 3. The Labute approximate surface area is 218 Å². The Bertz CT molecular complexity index is 1590. The van der Waals surface area contributed by atoms with Crippen LogP contribution in [0.5, 0.6) is 23.0 Å². The summed E-state index contributed by atoms with van der Waals surface area (Å²) in [6.45, 7) is 1.54. The van der Waals surface area contributed by atoms with Crippen LogP contribution in [0.4, 0.5) is 17.6 Å². The molecule has 10 nitrogen and oxygen atoms in total. The van der Waals surface area contributed by atoms with Gasteiger partial charge in [0.1, 0.15) is 17.2 Å². The van der Waals surface area contributed by atoms with Crippen LogP contribution in [0, 0.1) is 12.7 Å². The van der Waals surface area contributed by atoms with Crippen LogP contribution >= 0.6 is 0 Å². The number of pyridine rings is 1. The number of hydroxylamine groups is 1. The highest BCUT2D eigenvalue weighted by atomic mass is 19.4. The zero-order chi connectivity index (χ0) is 28.5. The smallest absolute Gasteiger partial charge is 0.493 e. The topological polar surface area (TPSA) is 114 Å². The first-order valence-electron chi connectivity index (χ1n) is 11.0. The molecule has 2 aromatic carbocycles. The number of ether oxygens (including phenoxy) is 3. The predicted octanol–water partition coefficient (Wildman–Crippen LogP) is 4.64. The fourth-order valence-corrected chi connectivity index (χ4v) is 3.70. The summed E-state index contributed by atoms with van der Waals surface area (Å²) in [5.74, 6) is -4.04. The highest BCUT2D eigenvalue weighted by molar-refractivity contribution is 6.00. The van der Waals surface area contributed by atoms with Gasteiger partial charge in [-0.2, -0.15) is 23.8 Å². The fraction of sp³-hybridized carbons (Fsp3) is 0.200. The van der Waals surface area contributed by atoms with Crippen LogP contribution in [0.2, 0.25) is 0 Å². The largest absolute Gasteiger partial charge is 0.497 e. The minimum Gasteiger partial charge on any atom is -0.497 e. The van der Waals surface area contributed by atoms with Gasteiger partial charge < -0.3 is 19.0 Å². The molecule has 0 bridgehead atoms. The van der Waals surface area contributed by atoms with Crippen LogP contribution in [0.1, 0.15) is 16.2 Å². The number of hydrogen-bond acceptors (Lipinski definition) is 8. The molecule has 0 aliphatic carbocycles. The molecule has 4 rings (SSSR count). The van der Waals surface area contributed by atoms with Crippen molar-refractivity contribution < 1.29 is 46.2 Å². The van der Waals surface area contributed by atoms with E-state index in [1.54, 1.807) is 31.2 Å². The minimum atomic E-state index is -5.33. The van der Waals surface area contributed by atoms with Crippen molar-refractivity contribution in [2.24, 2.45) is 7.05 Å². The molecular formula is C25H20F4N4O6. The Morgan fingerprint density at radius 2 is 1.74 bits per heavy atom. The molecule has 0 spiro atoms. The number of carbonyl (C=O) groups excluding carboxylic acids is 2. The number of halogens is 4. The van der Waals surface area contributed by atoms with Crippen LogP contribution < -0.4 is 19.7 Å². The van der Waals surface area contributed by atoms with Crippen LogP contribution in [0.25, 0.3) is 22.0 Å². The number of methoxy groups -OCH3 is 2. The van der Waals surface area contributed by atoms with Crippen molar-refractivity contribution in [3.63, 3.8) is 0 Å². The predicted molar refractivity (Wildman–Crippen MR) is 128 cm³/mol. The molecule has 0 unspecified atom stereocenters. The van der Waals surface area contributed by atoms with Crippen LogP contribution in [-0.4, -0.2) is 47.0 Å². The number of amides is 1. The molecule has 0 fully saturated rings. The van der Waals surface area contributed by atoms with Crippen molar-refractivity contribution in [1.82, 2.24) is 20.2 Å². The van der Waals surface area contributed by atoms with Gasteiger partial charge in [-0.3, -0.25) is 14.5 Å². The van der Waals surface area contributed by atoms with Gasteiger partial charge in [-0.05, 0) is 31.2 Å². The summed E-state index contributed by atoms with van der Waals surface area (Å²) in [6.07, 6.45) is -3.85. The molecule has 2 aromatic heterocycles. The van der Waals surface area contributed by atoms with E-state index in [0.717, 1.165) is 6.07 Å². The van der Waals surface area contributed by atoms with Gasteiger partial charge in [0.05, 0.1) is 19.7 Å². The lowest BCUT2D eigenvalue weighted by Crippen LogP contribution is -2.35. The van der Waals surface area contributed by atoms with E-state index in [1.165, 1.54) is 43.7 Å². The summed E-state index contributed by atoms with van der Waals surface area (Å²) in [7, 11) is 4.27. The van der Waals surface area contributed by atoms with Gasteiger partial charge >= 0.3 is 18.1 Å². The van der Waals surface area contributed by atoms with Crippen molar-refractivity contribution in [2.75, 3.05) is 14.2 Å². The number of benzene rings is 2. The summed E-state index contributed by atoms with van der Waals surface area (Å²) in [5, 5.41) is 4.56. The van der Waals surface area contributed by atoms with Crippen LogP contribution in [0.15, 0.2) is 42.6 Å². The lowest BCUT2D eigenvalue weighted by molar-refractivity contribution is -0.204. The van der Waals surface area contributed by atoms with E-state index in [9.17, 15) is 22.8 Å². The lowest BCUT2D eigenvalue weighted by Gasteiger charge is -2.15. The minimum absolute atomic E-state index is 0.0295. The van der Waals surface area contributed by atoms with Gasteiger partial charge in [0, 0.05) is 47.6 Å². The van der Waals surface area contributed by atoms with E-state index in [0.29, 0.717) is 28.1 Å². The van der Waals surface area contributed by atoms with Gasteiger partial charge in [-0.25, -0.2) is 9.18 Å². The fourth-order valence-electron chi connectivity index (χ4n) is 3.70. The second-order valence-corrected chi connectivity index (χ2v) is 8.03. The third kappa shape index (κ3) is 5.39. The molecule has 204 valence electrons. The molecule has 2 heterocycles. The second-order valence-electron chi connectivity index (χ2n) is 8.03. The molecule has 0 saturated carbocycles. The maximum atomic E-state index is 15.4. The molecular weight excluding hydrogens is 528 g/mol. The number of nitrogens with zero attached hydrogens (tertiary/aromatic N) is 3. The third-order valence-corrected chi connectivity index (χ3v) is 5.67. The molecule has 0 aliphatic heterocycles. The van der Waals surface area contributed by atoms with Crippen LogP contribution in [0.3, 0.4) is 0 Å². The van der Waals surface area contributed by atoms with Gasteiger partial charge in [-0.15, -0.1) is 0 Å². The molecule has 1 amide bonds. The number of aryl methyl sites for hydroxylation is 1. The zero-order valence-electron chi connectivity index (χ0n) is 20.8. The summed E-state index contributed by atoms with van der Waals surface area (Å²) in [5.41, 5.74) is 1.94. The Hall–Kier alpha value is -4.88. The maximum Gasteiger partial charge on any atom is 0.493 e. The third-order valence-electron chi connectivity index (χ3n) is 5.67. The van der Waals surface area contributed by atoms with Crippen LogP contribution in [-0.2, 0) is 16.7 Å². The van der Waals surface area contributed by atoms with Crippen molar-refractivity contribution in [3.8, 4) is 34.1 Å². The van der Waals surface area contributed by atoms with E-state index >= 15 is 4.39 Å². The molecule has 39 heavy (non-hydrogen) atoms. The first-order valence-corrected chi connectivity index (χ1v) is 11.0. The summed E-state index contributed by atoms with van der Waals surface area (Å²) in [4.78, 5) is 31.7. The molecule has 14 heteroatoms. The molecule has 0 aliphatic rings. The Morgan fingerprint density at radius 3 is 2.41 bits per heavy atom. The van der Waals surface area contributed by atoms with Crippen molar-refractivity contribution >= 4 is 22.8 Å². The Balaban J connectivity index is 1.72. The maximum absolute atomic E-state index is 15.4. The second kappa shape index (κ2) is 10.5. The molecule has 4 aromatic rings. The lowest BCUT2D eigenvalue weighted by atomic mass is 10.0. The number of aromatic nitrogens is 3. The number of nitrogens with one attached hydrogen (secondary N) is 1. The van der Waals surface area contributed by atoms with E-state index in [2.05, 4.69) is 14.9 Å². The monoisotopic (exact) mass is 548 g/mol. The van der Waals surface area contributed by atoms with Crippen molar-refractivity contribution in [1.29, 1.82) is 0 Å². The summed E-state index contributed by atoms with van der Waals surface area (Å²) < 4.78 is 70.4. The van der Waals surface area contributed by atoms with Gasteiger partial charge in [-0.1, -0.05) is 0 Å². The van der Waals surface area contributed by atoms with Crippen molar-refractivity contribution in [3.05, 3.63) is 59.8 Å². The zero-order valence-corrected chi connectivity index (χ0v) is 20.8. The first-order chi connectivity index (χ1) is 18.4. The number of fused-ring (bicyclic) bond motifs is 1. The summed E-state index contributed by atoms with van der Waals surface area (Å²) >= 11 is 0. The standard InChI is InChI=1S/C25H20F4N4O6/c1-12-21(22(31-33(12)2)23(34)32-39-24(35)25(27,28)29)15-10-16(26)20(11-19(15)37-4)38-18-7-8-30-17-9-13(36-3)5-6-14(17)18/h5-11H,1-4H3,(H,32,34). The molecule has 0 saturated heterocycles. The van der Waals surface area contributed by atoms with E-state index in [-0.39, 0.29) is 22.6 Å². The van der Waals surface area contributed by atoms with E-state index in [4.69, 9.17) is 14.2 Å². The average Bonchev–Trinajstić information content (AvgIpc) is 3.20. The van der Waals surface area contributed by atoms with Gasteiger partial charge in [0.15, 0.2) is 17.3 Å². The highest BCUT2D eigenvalue weighted by Gasteiger charge is 2.42. The molecule has 1 N–H and O–H groups in total. The van der Waals surface area contributed by atoms with E-state index in [1.807, 2.05) is 0 Å². The highest BCUT2D eigenvalue weighted by Crippen LogP contribution is 2.41. The quantitative estimate of drug-likeness (QED) is 0.274. The van der Waals surface area contributed by atoms with Gasteiger partial charge in [0.25, 0.3) is 0 Å². The molecule has 0 atom stereocenters. The number of rotatable bonds is 6. The normalized spacial score (nSPS) is 11.3. The van der Waals surface area contributed by atoms with E-state index < -0.39 is 29.6 Å². The average molecular weight is 548 g/mol. The molecule has 0 radical (unpaired) electrons. The van der Waals surface area contributed by atoms with Gasteiger partial charge in [0.2, 0.25) is 0 Å². The SMILES string of the molecule is COc1ccc2c(Oc3cc(OC)c(-c4c(C(=O)NOC(=O)C(F)(F)F)nn(C)c4C)cc3F)ccnc2c1. The Morgan fingerprint density at radius 1 is 1.00 bits per heavy atom.